The highest BCUT2D eigenvalue weighted by Gasteiger charge is 2.19. The van der Waals surface area contributed by atoms with Crippen molar-refractivity contribution in [3.05, 3.63) is 35.4 Å². The Morgan fingerprint density at radius 1 is 0.893 bits per heavy atom. The van der Waals surface area contributed by atoms with Crippen LogP contribution in [0.4, 0.5) is 0 Å². The van der Waals surface area contributed by atoms with Crippen molar-refractivity contribution >= 4 is 5.97 Å². The molecule has 0 heterocycles. The molecule has 1 aromatic rings. The van der Waals surface area contributed by atoms with Gasteiger partial charge in [0, 0.05) is 6.61 Å². The van der Waals surface area contributed by atoms with Gasteiger partial charge in [-0.2, -0.15) is 0 Å². The van der Waals surface area contributed by atoms with Crippen LogP contribution in [0.3, 0.4) is 0 Å². The van der Waals surface area contributed by atoms with Gasteiger partial charge in [-0.1, -0.05) is 12.1 Å². The average molecular weight is 397 g/mol. The predicted octanol–water partition coefficient (Wildman–Crippen LogP) is 3.24. The van der Waals surface area contributed by atoms with Gasteiger partial charge in [0.1, 0.15) is 6.54 Å². The number of benzene rings is 1. The third kappa shape index (κ3) is 9.64. The quantitative estimate of drug-likeness (QED) is 0.323. The van der Waals surface area contributed by atoms with E-state index in [4.69, 9.17) is 19.3 Å². The van der Waals surface area contributed by atoms with Gasteiger partial charge >= 0.3 is 5.97 Å². The van der Waals surface area contributed by atoms with Crippen molar-refractivity contribution in [1.29, 1.82) is 0 Å². The summed E-state index contributed by atoms with van der Waals surface area (Å²) in [5.41, 5.74) is 1.35. The van der Waals surface area contributed by atoms with Crippen LogP contribution in [0.15, 0.2) is 24.3 Å². The molecule has 0 saturated carbocycles. The van der Waals surface area contributed by atoms with E-state index in [0.717, 1.165) is 55.7 Å². The summed E-state index contributed by atoms with van der Waals surface area (Å²) in [6, 6.07) is 7.05. The molecular weight excluding hydrogens is 358 g/mol. The summed E-state index contributed by atoms with van der Waals surface area (Å²) in [4.78, 5) is 11.0. The number of carboxylic acid groups (broad SMARTS) is 1. The molecule has 1 aromatic carbocycles. The lowest BCUT2D eigenvalue weighted by Crippen LogP contribution is -2.49. The number of nitrogens with zero attached hydrogens (tertiary/aromatic N) is 1. The van der Waals surface area contributed by atoms with Gasteiger partial charge in [0.05, 0.1) is 58.2 Å². The first kappa shape index (κ1) is 24.6. The fourth-order valence-electron chi connectivity index (χ4n) is 3.18. The van der Waals surface area contributed by atoms with Gasteiger partial charge in [0.25, 0.3) is 0 Å². The minimum absolute atomic E-state index is 0.331. The summed E-state index contributed by atoms with van der Waals surface area (Å²) in [6.07, 6.45) is 1.67. The van der Waals surface area contributed by atoms with Gasteiger partial charge in [-0.15, -0.1) is 0 Å². The monoisotopic (exact) mass is 396 g/mol. The van der Waals surface area contributed by atoms with Crippen molar-refractivity contribution in [3.63, 3.8) is 0 Å². The molecule has 0 atom stereocenters. The van der Waals surface area contributed by atoms with E-state index in [9.17, 15) is 4.79 Å². The molecule has 0 aliphatic heterocycles. The molecule has 0 radical (unpaired) electrons. The van der Waals surface area contributed by atoms with E-state index in [1.807, 2.05) is 6.07 Å². The Hall–Kier alpha value is -1.47. The Morgan fingerprint density at radius 3 is 2.04 bits per heavy atom. The molecule has 0 bridgehead atoms. The van der Waals surface area contributed by atoms with Crippen molar-refractivity contribution < 1.29 is 28.6 Å². The molecule has 1 N–H and O–H groups in total. The Labute approximate surface area is 170 Å². The minimum Gasteiger partial charge on any atom is -0.478 e. The highest BCUT2D eigenvalue weighted by molar-refractivity contribution is 5.87. The van der Waals surface area contributed by atoms with Gasteiger partial charge in [-0.05, 0) is 51.3 Å². The van der Waals surface area contributed by atoms with E-state index in [0.29, 0.717) is 38.6 Å². The van der Waals surface area contributed by atoms with Crippen LogP contribution in [0.1, 0.15) is 43.1 Å². The van der Waals surface area contributed by atoms with Crippen molar-refractivity contribution in [3.8, 4) is 0 Å². The maximum absolute atomic E-state index is 11.0. The molecule has 160 valence electrons. The molecule has 6 nitrogen and oxygen atoms in total. The number of hydrogen-bond acceptors (Lipinski definition) is 4. The smallest absolute Gasteiger partial charge is 0.335 e. The maximum atomic E-state index is 11.0. The molecule has 0 aliphatic carbocycles. The number of carbonyl (C=O) groups is 1. The Bertz CT molecular complexity index is 537. The number of likely N-dealkylation sites (N-methyl/N-ethyl adjacent to an activating group) is 1. The Kier molecular flexibility index (Phi) is 12.7. The lowest BCUT2D eigenvalue weighted by molar-refractivity contribution is -0.923. The first-order valence-electron chi connectivity index (χ1n) is 10.5. The fourth-order valence-corrected chi connectivity index (χ4v) is 3.18. The zero-order chi connectivity index (χ0) is 20.7. The first-order chi connectivity index (χ1) is 13.6. The molecule has 0 saturated heterocycles. The van der Waals surface area contributed by atoms with Gasteiger partial charge < -0.3 is 23.8 Å². The van der Waals surface area contributed by atoms with Crippen LogP contribution in [-0.4, -0.2) is 81.4 Å². The Balaban J connectivity index is 1.96. The first-order valence-corrected chi connectivity index (χ1v) is 10.5. The second-order valence-electron chi connectivity index (χ2n) is 6.96. The lowest BCUT2D eigenvalue weighted by atomic mass is 10.1. The number of rotatable bonds is 17. The fraction of sp³-hybridized carbons (Fsp3) is 0.682. The average Bonchev–Trinajstić information content (AvgIpc) is 2.72. The number of carboxylic acids is 1. The maximum Gasteiger partial charge on any atom is 0.335 e. The van der Waals surface area contributed by atoms with Gasteiger partial charge in [0.2, 0.25) is 0 Å². The molecular formula is C22H38NO5+. The van der Waals surface area contributed by atoms with Crippen molar-refractivity contribution in [2.24, 2.45) is 0 Å². The van der Waals surface area contributed by atoms with E-state index >= 15 is 0 Å². The number of ether oxygens (including phenoxy) is 3. The van der Waals surface area contributed by atoms with E-state index in [1.54, 1.807) is 18.2 Å². The van der Waals surface area contributed by atoms with Crippen LogP contribution in [-0.2, 0) is 20.6 Å². The summed E-state index contributed by atoms with van der Waals surface area (Å²) in [6.45, 7) is 15.0. The molecule has 0 amide bonds. The van der Waals surface area contributed by atoms with Crippen LogP contribution < -0.4 is 0 Å². The summed E-state index contributed by atoms with van der Waals surface area (Å²) in [7, 11) is 0. The summed E-state index contributed by atoms with van der Waals surface area (Å²) in [5.74, 6) is -0.890. The SMILES string of the molecule is CC[N+](CC)(CC)CCOCCOCCOCCCc1cccc(C(=O)O)c1. The largest absolute Gasteiger partial charge is 0.478 e. The second kappa shape index (κ2) is 14.5. The summed E-state index contributed by atoms with van der Waals surface area (Å²) < 4.78 is 17.9. The molecule has 0 aromatic heterocycles. The van der Waals surface area contributed by atoms with Crippen molar-refractivity contribution in [2.45, 2.75) is 33.6 Å². The van der Waals surface area contributed by atoms with Crippen LogP contribution in [0.5, 0.6) is 0 Å². The highest BCUT2D eigenvalue weighted by Crippen LogP contribution is 2.08. The van der Waals surface area contributed by atoms with Gasteiger partial charge in [-0.3, -0.25) is 0 Å². The number of quaternary nitrogens is 1. The topological polar surface area (TPSA) is 65.0 Å². The predicted molar refractivity (Wildman–Crippen MR) is 111 cm³/mol. The lowest BCUT2D eigenvalue weighted by Gasteiger charge is -2.35. The van der Waals surface area contributed by atoms with E-state index < -0.39 is 5.97 Å². The molecule has 28 heavy (non-hydrogen) atoms. The van der Waals surface area contributed by atoms with Crippen LogP contribution in [0.25, 0.3) is 0 Å². The van der Waals surface area contributed by atoms with Crippen molar-refractivity contribution in [1.82, 2.24) is 0 Å². The zero-order valence-electron chi connectivity index (χ0n) is 17.8. The second-order valence-corrected chi connectivity index (χ2v) is 6.96. The number of hydrogen-bond donors (Lipinski definition) is 1. The van der Waals surface area contributed by atoms with Crippen molar-refractivity contribution in [2.75, 3.05) is 65.8 Å². The van der Waals surface area contributed by atoms with E-state index in [1.165, 1.54) is 0 Å². The summed E-state index contributed by atoms with van der Waals surface area (Å²) in [5, 5.41) is 8.99. The van der Waals surface area contributed by atoms with Crippen LogP contribution >= 0.6 is 0 Å². The normalized spacial score (nSPS) is 11.7. The molecule has 0 unspecified atom stereocenters. The standard InChI is InChI=1S/C22H37NO5/c1-4-23(5-2,6-3)12-14-27-16-18-28-17-15-26-13-8-10-20-9-7-11-21(19-20)22(24)25/h7,9,11,19H,4-6,8,10,12-18H2,1-3H3/p+1. The molecule has 0 fully saturated rings. The molecule has 0 spiro atoms. The molecule has 6 heteroatoms. The third-order valence-electron chi connectivity index (χ3n) is 5.39. The van der Waals surface area contributed by atoms with E-state index in [2.05, 4.69) is 20.8 Å². The number of aromatic carboxylic acids is 1. The van der Waals surface area contributed by atoms with Gasteiger partial charge in [0.15, 0.2) is 0 Å². The summed E-state index contributed by atoms with van der Waals surface area (Å²) >= 11 is 0. The molecule has 1 rings (SSSR count). The highest BCUT2D eigenvalue weighted by atomic mass is 16.5. The van der Waals surface area contributed by atoms with Crippen LogP contribution in [0.2, 0.25) is 0 Å². The number of aryl methyl sites for hydroxylation is 1. The Morgan fingerprint density at radius 2 is 1.46 bits per heavy atom. The third-order valence-corrected chi connectivity index (χ3v) is 5.39. The van der Waals surface area contributed by atoms with Crippen LogP contribution in [0, 0.1) is 0 Å². The van der Waals surface area contributed by atoms with E-state index in [-0.39, 0.29) is 0 Å². The molecule has 0 aliphatic rings. The minimum atomic E-state index is -0.890. The zero-order valence-corrected chi connectivity index (χ0v) is 17.8. The van der Waals surface area contributed by atoms with Gasteiger partial charge in [-0.25, -0.2) is 4.79 Å².